The Bertz CT molecular complexity index is 495. The summed E-state index contributed by atoms with van der Waals surface area (Å²) in [6.45, 7) is 10.3. The molecule has 0 aliphatic carbocycles. The minimum Gasteiger partial charge on any atom is -0.354 e. The Hall–Kier alpha value is -1.11. The topological polar surface area (TPSA) is 47.5 Å². The fourth-order valence-electron chi connectivity index (χ4n) is 3.41. The molecule has 7 heteroatoms. The summed E-state index contributed by atoms with van der Waals surface area (Å²) >= 11 is 0. The van der Waals surface area contributed by atoms with E-state index in [1.54, 1.807) is 0 Å². The largest absolute Gasteiger partial charge is 0.354 e. The van der Waals surface area contributed by atoms with Gasteiger partial charge in [0, 0.05) is 59.6 Å². The molecule has 0 bridgehead atoms. The van der Waals surface area contributed by atoms with Gasteiger partial charge in [0.15, 0.2) is 0 Å². The molecule has 2 aliphatic rings. The lowest BCUT2D eigenvalue weighted by Crippen LogP contribution is -2.50. The average molecular weight is 341 g/mol. The van der Waals surface area contributed by atoms with Crippen LogP contribution in [0.1, 0.15) is 13.3 Å². The molecule has 3 rings (SSSR count). The van der Waals surface area contributed by atoms with Gasteiger partial charge in [-0.25, -0.2) is 4.98 Å². The van der Waals surface area contributed by atoms with Crippen LogP contribution in [-0.4, -0.2) is 74.8 Å². The number of nitrogens with zero attached hydrogens (tertiary/aromatic N) is 5. The Labute approximate surface area is 145 Å². The maximum atomic E-state index is 4.65. The molecule has 1 aromatic heterocycles. The van der Waals surface area contributed by atoms with Crippen molar-refractivity contribution in [3.63, 3.8) is 0 Å². The van der Waals surface area contributed by atoms with Crippen molar-refractivity contribution < 1.29 is 0 Å². The van der Waals surface area contributed by atoms with Crippen LogP contribution in [0.4, 0.5) is 11.8 Å². The lowest BCUT2D eigenvalue weighted by Gasteiger charge is -2.39. The maximum Gasteiger partial charge on any atom is 0.226 e. The third-order valence-corrected chi connectivity index (χ3v) is 4.79. The second-order valence-corrected chi connectivity index (χ2v) is 7.11. The molecule has 3 heterocycles. The van der Waals surface area contributed by atoms with Crippen LogP contribution in [0.5, 0.6) is 0 Å². The van der Waals surface area contributed by atoms with Gasteiger partial charge in [-0.2, -0.15) is 4.98 Å². The van der Waals surface area contributed by atoms with Crippen molar-refractivity contribution in [2.45, 2.75) is 13.3 Å². The molecule has 1 N–H and O–H groups in total. The summed E-state index contributed by atoms with van der Waals surface area (Å²) in [7, 11) is 3.96. The highest BCUT2D eigenvalue weighted by Crippen LogP contribution is 2.26. The van der Waals surface area contributed by atoms with E-state index in [0.29, 0.717) is 5.41 Å². The summed E-state index contributed by atoms with van der Waals surface area (Å²) in [5.74, 6) is 1.83. The zero-order chi connectivity index (χ0) is 15.6. The second-order valence-electron chi connectivity index (χ2n) is 7.11. The number of piperazine rings is 1. The highest BCUT2D eigenvalue weighted by atomic mass is 35.5. The van der Waals surface area contributed by atoms with Crippen molar-refractivity contribution in [3.8, 4) is 0 Å². The van der Waals surface area contributed by atoms with Crippen LogP contribution in [0.15, 0.2) is 12.3 Å². The molecule has 1 unspecified atom stereocenters. The number of aromatic nitrogens is 2. The van der Waals surface area contributed by atoms with Crippen molar-refractivity contribution in [3.05, 3.63) is 12.3 Å². The Morgan fingerprint density at radius 1 is 1.26 bits per heavy atom. The van der Waals surface area contributed by atoms with E-state index in [4.69, 9.17) is 0 Å². The molecule has 1 aromatic rings. The lowest BCUT2D eigenvalue weighted by atomic mass is 9.89. The van der Waals surface area contributed by atoms with E-state index in [-0.39, 0.29) is 12.4 Å². The van der Waals surface area contributed by atoms with Gasteiger partial charge in [0.1, 0.15) is 5.82 Å². The molecule has 6 nitrogen and oxygen atoms in total. The summed E-state index contributed by atoms with van der Waals surface area (Å²) in [6.07, 6.45) is 3.15. The van der Waals surface area contributed by atoms with E-state index in [2.05, 4.69) is 32.0 Å². The van der Waals surface area contributed by atoms with Gasteiger partial charge in [0.2, 0.25) is 5.95 Å². The molecule has 0 amide bonds. The van der Waals surface area contributed by atoms with Crippen LogP contribution in [0.3, 0.4) is 0 Å². The number of rotatable bonds is 4. The van der Waals surface area contributed by atoms with Gasteiger partial charge in [-0.3, -0.25) is 4.90 Å². The Balaban J connectivity index is 0.00000192. The highest BCUT2D eigenvalue weighted by molar-refractivity contribution is 5.85. The van der Waals surface area contributed by atoms with Gasteiger partial charge < -0.3 is 15.1 Å². The number of hydrogen-bond donors (Lipinski definition) is 1. The first-order valence-corrected chi connectivity index (χ1v) is 8.24. The van der Waals surface area contributed by atoms with E-state index in [9.17, 15) is 0 Å². The zero-order valence-corrected chi connectivity index (χ0v) is 15.3. The van der Waals surface area contributed by atoms with Crippen LogP contribution in [0.2, 0.25) is 0 Å². The first-order chi connectivity index (χ1) is 10.6. The molecule has 23 heavy (non-hydrogen) atoms. The second kappa shape index (κ2) is 7.64. The standard InChI is InChI=1S/C16H28N6.ClH/c1-16(5-7-17-12-16)13-21-8-10-22(11-9-21)14-4-6-18-15(19-14)20(2)3;/h4,6,17H,5,7-13H2,1-3H3;1H. The molecule has 2 fully saturated rings. The number of nitrogens with one attached hydrogen (secondary N) is 1. The molecule has 130 valence electrons. The van der Waals surface area contributed by atoms with Crippen LogP contribution < -0.4 is 15.1 Å². The van der Waals surface area contributed by atoms with Gasteiger partial charge >= 0.3 is 0 Å². The number of hydrogen-bond acceptors (Lipinski definition) is 6. The van der Waals surface area contributed by atoms with Crippen molar-refractivity contribution in [1.82, 2.24) is 20.2 Å². The predicted molar refractivity (Wildman–Crippen MR) is 97.9 cm³/mol. The molecule has 0 saturated carbocycles. The summed E-state index contributed by atoms with van der Waals surface area (Å²) < 4.78 is 0. The normalized spacial score (nSPS) is 25.3. The smallest absolute Gasteiger partial charge is 0.226 e. The van der Waals surface area contributed by atoms with Crippen molar-refractivity contribution in [1.29, 1.82) is 0 Å². The lowest BCUT2D eigenvalue weighted by molar-refractivity contribution is 0.169. The van der Waals surface area contributed by atoms with Gasteiger partial charge in [-0.1, -0.05) is 6.92 Å². The molecule has 2 aliphatic heterocycles. The summed E-state index contributed by atoms with van der Waals surface area (Å²) in [5.41, 5.74) is 0.454. The van der Waals surface area contributed by atoms with Crippen molar-refractivity contribution in [2.75, 3.05) is 69.7 Å². The Morgan fingerprint density at radius 2 is 2.00 bits per heavy atom. The molecule has 0 aromatic carbocycles. The quantitative estimate of drug-likeness (QED) is 0.885. The van der Waals surface area contributed by atoms with E-state index in [0.717, 1.165) is 44.5 Å². The zero-order valence-electron chi connectivity index (χ0n) is 14.5. The van der Waals surface area contributed by atoms with E-state index >= 15 is 0 Å². The van der Waals surface area contributed by atoms with Gasteiger partial charge in [-0.15, -0.1) is 12.4 Å². The first kappa shape index (κ1) is 18.2. The van der Waals surface area contributed by atoms with E-state index in [1.807, 2.05) is 31.3 Å². The molecular formula is C16H29ClN6. The minimum atomic E-state index is 0. The fraction of sp³-hybridized carbons (Fsp3) is 0.750. The Morgan fingerprint density at radius 3 is 2.61 bits per heavy atom. The van der Waals surface area contributed by atoms with Crippen LogP contribution in [0.25, 0.3) is 0 Å². The molecule has 2 saturated heterocycles. The monoisotopic (exact) mass is 340 g/mol. The molecule has 0 radical (unpaired) electrons. The average Bonchev–Trinajstić information content (AvgIpc) is 2.94. The summed E-state index contributed by atoms with van der Waals surface area (Å²) in [4.78, 5) is 15.9. The number of halogens is 1. The third kappa shape index (κ3) is 4.46. The minimum absolute atomic E-state index is 0. The highest BCUT2D eigenvalue weighted by Gasteiger charge is 2.31. The SMILES string of the molecule is CN(C)c1nccc(N2CCN(CC3(C)CCNC3)CC2)n1.Cl. The third-order valence-electron chi connectivity index (χ3n) is 4.79. The molecule has 1 atom stereocenters. The summed E-state index contributed by atoms with van der Waals surface area (Å²) in [5, 5.41) is 3.50. The van der Waals surface area contributed by atoms with Crippen LogP contribution in [-0.2, 0) is 0 Å². The van der Waals surface area contributed by atoms with Crippen LogP contribution in [0, 0.1) is 5.41 Å². The van der Waals surface area contributed by atoms with Crippen molar-refractivity contribution >= 4 is 24.2 Å². The number of anilines is 2. The van der Waals surface area contributed by atoms with Gasteiger partial charge in [-0.05, 0) is 24.4 Å². The molecule has 0 spiro atoms. The maximum absolute atomic E-state index is 4.65. The van der Waals surface area contributed by atoms with Crippen LogP contribution >= 0.6 is 12.4 Å². The van der Waals surface area contributed by atoms with Gasteiger partial charge in [0.25, 0.3) is 0 Å². The Kier molecular flexibility index (Phi) is 6.06. The molecular weight excluding hydrogens is 312 g/mol. The summed E-state index contributed by atoms with van der Waals surface area (Å²) in [6, 6.07) is 2.02. The van der Waals surface area contributed by atoms with Crippen molar-refractivity contribution in [2.24, 2.45) is 5.41 Å². The first-order valence-electron chi connectivity index (χ1n) is 8.24. The van der Waals surface area contributed by atoms with Gasteiger partial charge in [0.05, 0.1) is 0 Å². The van der Waals surface area contributed by atoms with E-state index < -0.39 is 0 Å². The predicted octanol–water partition coefficient (Wildman–Crippen LogP) is 1.09. The fourth-order valence-corrected chi connectivity index (χ4v) is 3.41. The van der Waals surface area contributed by atoms with E-state index in [1.165, 1.54) is 19.5 Å².